The molecule has 0 spiro atoms. The van der Waals surface area contributed by atoms with E-state index in [1.54, 1.807) is 17.5 Å². The third kappa shape index (κ3) is 2.97. The monoisotopic (exact) mass is 407 g/mol. The summed E-state index contributed by atoms with van der Waals surface area (Å²) >= 11 is 0.928. The average Bonchev–Trinajstić information content (AvgIpc) is 3.15. The van der Waals surface area contributed by atoms with Crippen LogP contribution in [0.1, 0.15) is 32.3 Å². The van der Waals surface area contributed by atoms with Crippen LogP contribution < -0.4 is 10.6 Å². The quantitative estimate of drug-likeness (QED) is 0.524. The number of thiazole rings is 1. The van der Waals surface area contributed by atoms with Gasteiger partial charge in [-0.3, -0.25) is 29.1 Å². The molecule has 2 N–H and O–H groups in total. The largest absolute Gasteiger partial charge is 0.395 e. The lowest BCUT2D eigenvalue weighted by atomic mass is 9.82. The van der Waals surface area contributed by atoms with Crippen LogP contribution in [0.15, 0.2) is 76.2 Å². The molecule has 0 saturated carbocycles. The molecule has 0 aliphatic heterocycles. The number of nitrogens with two attached hydrogens (primary N) is 1. The number of hydrogen-bond acceptors (Lipinski definition) is 7. The van der Waals surface area contributed by atoms with Crippen molar-refractivity contribution in [2.75, 3.05) is 0 Å². The fourth-order valence-corrected chi connectivity index (χ4v) is 3.99. The number of carbonyl (C=O) groups is 2. The summed E-state index contributed by atoms with van der Waals surface area (Å²) in [6, 6.07) is 10.8. The third-order valence-electron chi connectivity index (χ3n) is 4.77. The summed E-state index contributed by atoms with van der Waals surface area (Å²) in [5.74, 6) is -0.954. The van der Waals surface area contributed by atoms with Gasteiger partial charge in [-0.05, 0) is 17.7 Å². The van der Waals surface area contributed by atoms with Crippen LogP contribution in [0, 0.1) is 10.1 Å². The molecule has 29 heavy (non-hydrogen) atoms. The van der Waals surface area contributed by atoms with E-state index in [9.17, 15) is 24.5 Å². The molecule has 0 bridgehead atoms. The van der Waals surface area contributed by atoms with Gasteiger partial charge in [0.15, 0.2) is 5.78 Å². The summed E-state index contributed by atoms with van der Waals surface area (Å²) in [7, 11) is 0. The molecule has 9 heteroatoms. The highest BCUT2D eigenvalue weighted by Crippen LogP contribution is 2.35. The van der Waals surface area contributed by atoms with Gasteiger partial charge in [0, 0.05) is 34.8 Å². The first-order valence-corrected chi connectivity index (χ1v) is 9.36. The number of allylic oxidation sites excluding steroid dienone is 2. The smallest absolute Gasteiger partial charge is 0.307 e. The molecule has 1 aliphatic carbocycles. The molecule has 144 valence electrons. The van der Waals surface area contributed by atoms with Gasteiger partial charge in [0.05, 0.1) is 22.2 Å². The minimum atomic E-state index is -0.987. The zero-order chi connectivity index (χ0) is 20.7. The molecule has 0 amide bonds. The molecule has 0 radical (unpaired) electrons. The maximum Gasteiger partial charge on any atom is 0.307 e. The Morgan fingerprint density at radius 3 is 2.14 bits per heavy atom. The minimum absolute atomic E-state index is 0.0250. The van der Waals surface area contributed by atoms with E-state index >= 15 is 0 Å². The molecule has 1 heterocycles. The number of non-ortho nitro benzene ring substituents is 1. The van der Waals surface area contributed by atoms with E-state index < -0.39 is 22.5 Å². The standard InChI is InChI=1S/C20H13N3O5S/c21-16-15(18(24)13-3-1-2-4-14(13)19(16)25)17(22-9-10-29-20(22)26)11-5-7-12(8-6-11)23(27)28/h1-10,17H,21H2. The van der Waals surface area contributed by atoms with E-state index in [0.717, 1.165) is 11.3 Å². The first-order valence-electron chi connectivity index (χ1n) is 8.48. The van der Waals surface area contributed by atoms with Crippen molar-refractivity contribution < 1.29 is 14.5 Å². The number of Topliss-reactive ketones (excluding diaryl/α,β-unsaturated/α-hetero) is 2. The van der Waals surface area contributed by atoms with Crippen LogP contribution in [0.5, 0.6) is 0 Å². The fraction of sp³-hybridized carbons (Fsp3) is 0.0500. The molecular formula is C20H13N3O5S. The Morgan fingerprint density at radius 2 is 1.59 bits per heavy atom. The van der Waals surface area contributed by atoms with Crippen LogP contribution in [0.25, 0.3) is 0 Å². The van der Waals surface area contributed by atoms with Crippen molar-refractivity contribution in [1.82, 2.24) is 4.57 Å². The number of ketones is 2. The van der Waals surface area contributed by atoms with E-state index in [1.165, 1.54) is 47.2 Å². The molecule has 0 saturated heterocycles. The van der Waals surface area contributed by atoms with Crippen molar-refractivity contribution in [3.8, 4) is 0 Å². The highest BCUT2D eigenvalue weighted by molar-refractivity contribution is 7.07. The summed E-state index contributed by atoms with van der Waals surface area (Å²) in [5, 5.41) is 12.5. The number of rotatable bonds is 4. The number of nitro groups is 1. The number of aromatic nitrogens is 1. The van der Waals surface area contributed by atoms with Crippen LogP contribution in [-0.2, 0) is 0 Å². The molecule has 2 aromatic carbocycles. The zero-order valence-electron chi connectivity index (χ0n) is 14.8. The maximum atomic E-state index is 13.3. The number of carbonyl (C=O) groups excluding carboxylic acids is 2. The van der Waals surface area contributed by atoms with E-state index in [2.05, 4.69) is 0 Å². The van der Waals surface area contributed by atoms with Gasteiger partial charge in [0.25, 0.3) is 5.69 Å². The van der Waals surface area contributed by atoms with Gasteiger partial charge in [0.2, 0.25) is 5.78 Å². The maximum absolute atomic E-state index is 13.3. The topological polar surface area (TPSA) is 125 Å². The molecule has 0 fully saturated rings. The van der Waals surface area contributed by atoms with Crippen molar-refractivity contribution in [2.24, 2.45) is 5.73 Å². The number of nitro benzene ring substituents is 1. The predicted octanol–water partition coefficient (Wildman–Crippen LogP) is 2.70. The lowest BCUT2D eigenvalue weighted by molar-refractivity contribution is -0.384. The Morgan fingerprint density at radius 1 is 0.966 bits per heavy atom. The molecule has 1 atom stereocenters. The molecule has 1 aromatic heterocycles. The Balaban J connectivity index is 1.95. The van der Waals surface area contributed by atoms with Crippen molar-refractivity contribution in [3.63, 3.8) is 0 Å². The second-order valence-corrected chi connectivity index (χ2v) is 7.22. The highest BCUT2D eigenvalue weighted by Gasteiger charge is 2.37. The molecular weight excluding hydrogens is 394 g/mol. The number of benzene rings is 2. The predicted molar refractivity (Wildman–Crippen MR) is 106 cm³/mol. The van der Waals surface area contributed by atoms with Gasteiger partial charge in [-0.2, -0.15) is 0 Å². The highest BCUT2D eigenvalue weighted by atomic mass is 32.1. The average molecular weight is 407 g/mol. The van der Waals surface area contributed by atoms with Crippen LogP contribution in [0.2, 0.25) is 0 Å². The Hall–Kier alpha value is -3.85. The van der Waals surface area contributed by atoms with Crippen molar-refractivity contribution in [2.45, 2.75) is 6.04 Å². The van der Waals surface area contributed by atoms with Gasteiger partial charge in [-0.25, -0.2) is 0 Å². The van der Waals surface area contributed by atoms with Crippen LogP contribution in [0.4, 0.5) is 5.69 Å². The second-order valence-electron chi connectivity index (χ2n) is 6.36. The zero-order valence-corrected chi connectivity index (χ0v) is 15.6. The Labute approximate surface area is 167 Å². The number of hydrogen-bond donors (Lipinski definition) is 1. The SMILES string of the molecule is NC1=C(C(c2ccc([N+](=O)[O-])cc2)n2ccsc2=O)C(=O)c2ccccc2C1=O. The van der Waals surface area contributed by atoms with Crippen molar-refractivity contribution in [1.29, 1.82) is 0 Å². The molecule has 1 unspecified atom stereocenters. The lowest BCUT2D eigenvalue weighted by Crippen LogP contribution is -2.33. The summed E-state index contributed by atoms with van der Waals surface area (Å²) < 4.78 is 1.30. The fourth-order valence-electron chi connectivity index (χ4n) is 3.40. The van der Waals surface area contributed by atoms with Gasteiger partial charge in [0.1, 0.15) is 0 Å². The van der Waals surface area contributed by atoms with Crippen LogP contribution in [0.3, 0.4) is 0 Å². The third-order valence-corrected chi connectivity index (χ3v) is 5.44. The summed E-state index contributed by atoms with van der Waals surface area (Å²) in [6.07, 6.45) is 1.50. The van der Waals surface area contributed by atoms with Gasteiger partial charge in [-0.15, -0.1) is 0 Å². The number of fused-ring (bicyclic) bond motifs is 1. The molecule has 3 aromatic rings. The summed E-state index contributed by atoms with van der Waals surface area (Å²) in [4.78, 5) is 48.5. The van der Waals surface area contributed by atoms with Crippen molar-refractivity contribution in [3.05, 3.63) is 108 Å². The Bertz CT molecular complexity index is 1250. The van der Waals surface area contributed by atoms with Gasteiger partial charge < -0.3 is 5.73 Å². The van der Waals surface area contributed by atoms with Crippen LogP contribution >= 0.6 is 11.3 Å². The first kappa shape index (κ1) is 18.5. The van der Waals surface area contributed by atoms with E-state index in [1.807, 2.05) is 0 Å². The number of nitrogens with zero attached hydrogens (tertiary/aromatic N) is 2. The van der Waals surface area contributed by atoms with Gasteiger partial charge >= 0.3 is 4.87 Å². The van der Waals surface area contributed by atoms with Gasteiger partial charge in [-0.1, -0.05) is 35.6 Å². The lowest BCUT2D eigenvalue weighted by Gasteiger charge is -2.26. The molecule has 8 nitrogen and oxygen atoms in total. The summed E-state index contributed by atoms with van der Waals surface area (Å²) in [5.41, 5.74) is 6.53. The van der Waals surface area contributed by atoms with E-state index in [-0.39, 0.29) is 33.0 Å². The van der Waals surface area contributed by atoms with Crippen LogP contribution in [-0.4, -0.2) is 21.1 Å². The van der Waals surface area contributed by atoms with Crippen molar-refractivity contribution >= 4 is 28.6 Å². The minimum Gasteiger partial charge on any atom is -0.395 e. The normalized spacial score (nSPS) is 14.6. The second kappa shape index (κ2) is 6.95. The Kier molecular flexibility index (Phi) is 4.44. The molecule has 1 aliphatic rings. The first-order chi connectivity index (χ1) is 13.9. The molecule has 4 rings (SSSR count). The van der Waals surface area contributed by atoms with E-state index in [0.29, 0.717) is 5.56 Å². The summed E-state index contributed by atoms with van der Waals surface area (Å²) in [6.45, 7) is 0. The van der Waals surface area contributed by atoms with E-state index in [4.69, 9.17) is 5.73 Å².